The van der Waals surface area contributed by atoms with Gasteiger partial charge in [-0.25, -0.2) is 0 Å². The molecule has 0 radical (unpaired) electrons. The van der Waals surface area contributed by atoms with Crippen LogP contribution >= 0.6 is 0 Å². The van der Waals surface area contributed by atoms with Crippen molar-refractivity contribution in [1.82, 2.24) is 0 Å². The van der Waals surface area contributed by atoms with Gasteiger partial charge in [-0.05, 0) is 6.42 Å². The maximum atomic E-state index is 10.0. The van der Waals surface area contributed by atoms with Crippen LogP contribution in [0.4, 0.5) is 0 Å². The Hall–Kier alpha value is -0.830. The van der Waals surface area contributed by atoms with Crippen molar-refractivity contribution < 1.29 is 9.90 Å². The number of rotatable bonds is 3. The average Bonchev–Trinajstić information content (AvgIpc) is 1.82. The van der Waals surface area contributed by atoms with Gasteiger partial charge in [0.05, 0.1) is 0 Å². The Morgan fingerprint density at radius 2 is 2.44 bits per heavy atom. The molecule has 1 atom stereocenters. The molecule has 3 nitrogen and oxygen atoms in total. The van der Waals surface area contributed by atoms with Gasteiger partial charge in [-0.2, -0.15) is 0 Å². The van der Waals surface area contributed by atoms with Crippen molar-refractivity contribution >= 4 is 5.97 Å². The number of aliphatic carboxylic acids is 1. The molecule has 0 aromatic rings. The van der Waals surface area contributed by atoms with E-state index in [0.717, 1.165) is 6.42 Å². The van der Waals surface area contributed by atoms with Crippen molar-refractivity contribution in [2.75, 3.05) is 0 Å². The van der Waals surface area contributed by atoms with Gasteiger partial charge >= 0.3 is 5.97 Å². The number of carboxylic acids is 1. The Morgan fingerprint density at radius 3 is 2.78 bits per heavy atom. The number of carbonyl (C=O) groups is 1. The lowest BCUT2D eigenvalue weighted by Gasteiger charge is -1.95. The number of hydrogen-bond acceptors (Lipinski definition) is 2. The topological polar surface area (TPSA) is 63.3 Å². The van der Waals surface area contributed by atoms with E-state index in [4.69, 9.17) is 10.8 Å². The summed E-state index contributed by atoms with van der Waals surface area (Å²) in [6, 6.07) is -0.843. The monoisotopic (exact) mass is 129 g/mol. The van der Waals surface area contributed by atoms with Gasteiger partial charge in [-0.1, -0.05) is 19.1 Å². The summed E-state index contributed by atoms with van der Waals surface area (Å²) in [5.41, 5.74) is 5.12. The van der Waals surface area contributed by atoms with E-state index in [9.17, 15) is 4.79 Å². The Bertz CT molecular complexity index is 120. The maximum absolute atomic E-state index is 10.0. The van der Waals surface area contributed by atoms with Crippen LogP contribution in [-0.4, -0.2) is 17.1 Å². The van der Waals surface area contributed by atoms with E-state index in [1.807, 2.05) is 6.92 Å². The second-order valence-corrected chi connectivity index (χ2v) is 1.70. The largest absolute Gasteiger partial charge is 0.480 e. The summed E-state index contributed by atoms with van der Waals surface area (Å²) in [6.45, 7) is 1.92. The molecule has 0 bridgehead atoms. The molecular formula is C6H11NO2. The van der Waals surface area contributed by atoms with Gasteiger partial charge in [-0.3, -0.25) is 4.79 Å². The molecule has 0 aliphatic heterocycles. The van der Waals surface area contributed by atoms with Gasteiger partial charge in [0.1, 0.15) is 6.04 Å². The highest BCUT2D eigenvalue weighted by Crippen LogP contribution is 1.84. The second-order valence-electron chi connectivity index (χ2n) is 1.70. The first-order valence-electron chi connectivity index (χ1n) is 2.83. The summed E-state index contributed by atoms with van der Waals surface area (Å²) in [4.78, 5) is 10.0. The lowest BCUT2D eigenvalue weighted by atomic mass is 10.3. The Kier molecular flexibility index (Phi) is 3.71. The van der Waals surface area contributed by atoms with Crippen molar-refractivity contribution in [3.8, 4) is 0 Å². The van der Waals surface area contributed by atoms with Crippen molar-refractivity contribution in [2.45, 2.75) is 19.4 Å². The van der Waals surface area contributed by atoms with Gasteiger partial charge < -0.3 is 10.8 Å². The average molecular weight is 129 g/mol. The van der Waals surface area contributed by atoms with E-state index in [0.29, 0.717) is 0 Å². The smallest absolute Gasteiger partial charge is 0.324 e. The van der Waals surface area contributed by atoms with E-state index >= 15 is 0 Å². The third-order valence-corrected chi connectivity index (χ3v) is 0.864. The number of hydrogen-bond donors (Lipinski definition) is 2. The molecule has 0 spiro atoms. The predicted octanol–water partition coefficient (Wildman–Crippen LogP) is 0.365. The molecule has 3 heteroatoms. The fourth-order valence-corrected chi connectivity index (χ4v) is 0.365. The number of allylic oxidation sites excluding steroid dienone is 1. The number of nitrogens with two attached hydrogens (primary N) is 1. The van der Waals surface area contributed by atoms with Crippen molar-refractivity contribution in [2.24, 2.45) is 5.73 Å². The normalized spacial score (nSPS) is 14.0. The summed E-state index contributed by atoms with van der Waals surface area (Å²) in [6.07, 6.45) is 4.03. The molecule has 0 rings (SSSR count). The minimum absolute atomic E-state index is 0.820. The van der Waals surface area contributed by atoms with Gasteiger partial charge in [0, 0.05) is 0 Å². The molecule has 3 N–H and O–H groups in total. The first-order chi connectivity index (χ1) is 4.18. The van der Waals surface area contributed by atoms with Gasteiger partial charge in [0.25, 0.3) is 0 Å². The van der Waals surface area contributed by atoms with E-state index in [-0.39, 0.29) is 0 Å². The molecule has 0 aliphatic carbocycles. The third-order valence-electron chi connectivity index (χ3n) is 0.864. The van der Waals surface area contributed by atoms with Crippen LogP contribution in [0.1, 0.15) is 13.3 Å². The molecule has 9 heavy (non-hydrogen) atoms. The first-order valence-corrected chi connectivity index (χ1v) is 2.83. The minimum atomic E-state index is -0.986. The van der Waals surface area contributed by atoms with E-state index in [2.05, 4.69) is 0 Å². The highest BCUT2D eigenvalue weighted by atomic mass is 16.4. The van der Waals surface area contributed by atoms with Crippen molar-refractivity contribution in [3.63, 3.8) is 0 Å². The second kappa shape index (κ2) is 4.09. The predicted molar refractivity (Wildman–Crippen MR) is 35.0 cm³/mol. The van der Waals surface area contributed by atoms with Crippen LogP contribution in [0.15, 0.2) is 12.2 Å². The third kappa shape index (κ3) is 3.73. The highest BCUT2D eigenvalue weighted by Gasteiger charge is 2.04. The molecule has 0 unspecified atom stereocenters. The van der Waals surface area contributed by atoms with Gasteiger partial charge in [0.2, 0.25) is 0 Å². The SMILES string of the molecule is CC/C=C/[C@@H](N)C(=O)O. The molecule has 0 aromatic carbocycles. The maximum Gasteiger partial charge on any atom is 0.324 e. The van der Waals surface area contributed by atoms with Crippen LogP contribution in [0.2, 0.25) is 0 Å². The van der Waals surface area contributed by atoms with Crippen LogP contribution in [0.25, 0.3) is 0 Å². The molecular weight excluding hydrogens is 118 g/mol. The summed E-state index contributed by atoms with van der Waals surface area (Å²) < 4.78 is 0. The van der Waals surface area contributed by atoms with Crippen LogP contribution < -0.4 is 5.73 Å². The standard InChI is InChI=1S/C6H11NO2/c1-2-3-4-5(7)6(8)9/h3-5H,2,7H2,1H3,(H,8,9)/b4-3+/t5-/m1/s1. The molecule has 0 amide bonds. The van der Waals surface area contributed by atoms with Crippen LogP contribution in [0.5, 0.6) is 0 Å². The zero-order chi connectivity index (χ0) is 7.28. The quantitative estimate of drug-likeness (QED) is 0.541. The Balaban J connectivity index is 3.62. The van der Waals surface area contributed by atoms with Crippen molar-refractivity contribution in [1.29, 1.82) is 0 Å². The van der Waals surface area contributed by atoms with Gasteiger partial charge in [0.15, 0.2) is 0 Å². The molecule has 0 saturated heterocycles. The molecule has 0 saturated carbocycles. The molecule has 0 fully saturated rings. The summed E-state index contributed by atoms with van der Waals surface area (Å²) in [7, 11) is 0. The van der Waals surface area contributed by atoms with Gasteiger partial charge in [-0.15, -0.1) is 0 Å². The van der Waals surface area contributed by atoms with E-state index in [1.165, 1.54) is 6.08 Å². The molecule has 52 valence electrons. The van der Waals surface area contributed by atoms with E-state index < -0.39 is 12.0 Å². The number of carboxylic acid groups (broad SMARTS) is 1. The minimum Gasteiger partial charge on any atom is -0.480 e. The summed E-state index contributed by atoms with van der Waals surface area (Å²) >= 11 is 0. The lowest BCUT2D eigenvalue weighted by molar-refractivity contribution is -0.137. The molecule has 0 aromatic heterocycles. The summed E-state index contributed by atoms with van der Waals surface area (Å²) in [5, 5.41) is 8.23. The van der Waals surface area contributed by atoms with Crippen LogP contribution in [-0.2, 0) is 4.79 Å². The van der Waals surface area contributed by atoms with E-state index in [1.54, 1.807) is 6.08 Å². The lowest BCUT2D eigenvalue weighted by Crippen LogP contribution is -2.27. The molecule has 0 heterocycles. The fraction of sp³-hybridized carbons (Fsp3) is 0.500. The highest BCUT2D eigenvalue weighted by molar-refractivity contribution is 5.75. The van der Waals surface area contributed by atoms with Crippen LogP contribution in [0, 0.1) is 0 Å². The summed E-state index contributed by atoms with van der Waals surface area (Å²) in [5.74, 6) is -0.986. The Labute approximate surface area is 54.2 Å². The zero-order valence-electron chi connectivity index (χ0n) is 5.37. The fourth-order valence-electron chi connectivity index (χ4n) is 0.365. The Morgan fingerprint density at radius 1 is 1.89 bits per heavy atom. The first kappa shape index (κ1) is 8.17. The zero-order valence-corrected chi connectivity index (χ0v) is 5.37. The molecule has 0 aliphatic rings. The van der Waals surface area contributed by atoms with Crippen molar-refractivity contribution in [3.05, 3.63) is 12.2 Å². The van der Waals surface area contributed by atoms with Crippen LogP contribution in [0.3, 0.4) is 0 Å².